The first kappa shape index (κ1) is 20.3. The average Bonchev–Trinajstić information content (AvgIpc) is 2.73. The van der Waals surface area contributed by atoms with E-state index in [0.717, 1.165) is 25.7 Å². The van der Waals surface area contributed by atoms with Gasteiger partial charge < -0.3 is 15.2 Å². The van der Waals surface area contributed by atoms with Gasteiger partial charge in [-0.25, -0.2) is 8.42 Å². The van der Waals surface area contributed by atoms with Gasteiger partial charge in [0.15, 0.2) is 0 Å². The van der Waals surface area contributed by atoms with Gasteiger partial charge in [0, 0.05) is 30.6 Å². The first-order valence-corrected chi connectivity index (χ1v) is 11.0. The van der Waals surface area contributed by atoms with Crippen LogP contribution in [0.1, 0.15) is 42.5 Å². The lowest BCUT2D eigenvalue weighted by Crippen LogP contribution is -2.41. The molecule has 1 amide bonds. The topological polar surface area (TPSA) is 95.9 Å². The second-order valence-corrected chi connectivity index (χ2v) is 9.38. The average molecular weight is 397 g/mol. The van der Waals surface area contributed by atoms with E-state index in [9.17, 15) is 18.3 Å². The van der Waals surface area contributed by atoms with Gasteiger partial charge >= 0.3 is 0 Å². The number of nitrogens with zero attached hydrogens (tertiary/aromatic N) is 1. The van der Waals surface area contributed by atoms with Gasteiger partial charge in [0.25, 0.3) is 5.91 Å². The maximum atomic E-state index is 12.6. The Hall–Kier alpha value is -1.48. The predicted molar refractivity (Wildman–Crippen MR) is 101 cm³/mol. The molecule has 0 bridgehead atoms. The number of rotatable bonds is 6. The Labute approximate surface area is 160 Å². The molecule has 3 rings (SSSR count). The van der Waals surface area contributed by atoms with E-state index in [1.807, 2.05) is 0 Å². The molecule has 1 aromatic rings. The van der Waals surface area contributed by atoms with Crippen LogP contribution in [0, 0.1) is 5.41 Å². The monoisotopic (exact) mass is 396 g/mol. The molecule has 1 saturated carbocycles. The van der Waals surface area contributed by atoms with Crippen LogP contribution in [0.4, 0.5) is 0 Å². The maximum absolute atomic E-state index is 12.6. The molecule has 0 atom stereocenters. The Balaban J connectivity index is 1.63. The lowest BCUT2D eigenvalue weighted by atomic mass is 9.74. The van der Waals surface area contributed by atoms with Crippen molar-refractivity contribution < 1.29 is 23.1 Å². The predicted octanol–water partition coefficient (Wildman–Crippen LogP) is 1.38. The number of ether oxygens (including phenoxy) is 1. The minimum Gasteiger partial charge on any atom is -0.396 e. The molecular weight excluding hydrogens is 368 g/mol. The van der Waals surface area contributed by atoms with E-state index in [2.05, 4.69) is 5.32 Å². The van der Waals surface area contributed by atoms with Gasteiger partial charge in [-0.05, 0) is 37.1 Å². The molecule has 0 unspecified atom stereocenters. The zero-order chi connectivity index (χ0) is 19.3. The number of morpholine rings is 1. The molecule has 2 aliphatic rings. The quantitative estimate of drug-likeness (QED) is 0.757. The highest BCUT2D eigenvalue weighted by atomic mass is 32.2. The number of aliphatic hydroxyl groups excluding tert-OH is 1. The number of hydrogen-bond donors (Lipinski definition) is 2. The Morgan fingerprint density at radius 3 is 2.33 bits per heavy atom. The normalized spacial score (nSPS) is 20.9. The van der Waals surface area contributed by atoms with Crippen molar-refractivity contribution in [2.24, 2.45) is 5.41 Å². The number of sulfonamides is 1. The van der Waals surface area contributed by atoms with Crippen molar-refractivity contribution in [2.75, 3.05) is 39.5 Å². The zero-order valence-electron chi connectivity index (χ0n) is 15.5. The molecule has 0 radical (unpaired) electrons. The molecule has 2 fully saturated rings. The summed E-state index contributed by atoms with van der Waals surface area (Å²) in [4.78, 5) is 12.6. The third kappa shape index (κ3) is 4.68. The number of carbonyl (C=O) groups is 1. The third-order valence-electron chi connectivity index (χ3n) is 5.60. The zero-order valence-corrected chi connectivity index (χ0v) is 16.3. The van der Waals surface area contributed by atoms with E-state index in [1.54, 1.807) is 0 Å². The highest BCUT2D eigenvalue weighted by Gasteiger charge is 2.32. The number of amides is 1. The Bertz CT molecular complexity index is 736. The van der Waals surface area contributed by atoms with Crippen LogP contribution in [-0.2, 0) is 14.8 Å². The molecule has 1 heterocycles. The van der Waals surface area contributed by atoms with Gasteiger partial charge in [-0.1, -0.05) is 19.3 Å². The fraction of sp³-hybridized carbons (Fsp3) is 0.632. The van der Waals surface area contributed by atoms with Gasteiger partial charge in [-0.3, -0.25) is 4.79 Å². The van der Waals surface area contributed by atoms with E-state index in [-0.39, 0.29) is 22.8 Å². The molecule has 8 heteroatoms. The molecule has 27 heavy (non-hydrogen) atoms. The molecule has 2 N–H and O–H groups in total. The van der Waals surface area contributed by atoms with Crippen LogP contribution in [0.3, 0.4) is 0 Å². The smallest absolute Gasteiger partial charge is 0.251 e. The van der Waals surface area contributed by atoms with Crippen molar-refractivity contribution in [3.63, 3.8) is 0 Å². The molecule has 0 spiro atoms. The van der Waals surface area contributed by atoms with Gasteiger partial charge in [-0.15, -0.1) is 0 Å². The minimum absolute atomic E-state index is 0.0734. The SMILES string of the molecule is O=C(NCC1(CO)CCCCC1)c1ccc(S(=O)(=O)N2CCOCC2)cc1. The Morgan fingerprint density at radius 1 is 1.11 bits per heavy atom. The van der Waals surface area contributed by atoms with Gasteiger partial charge in [0.1, 0.15) is 0 Å². The van der Waals surface area contributed by atoms with E-state index in [4.69, 9.17) is 4.74 Å². The van der Waals surface area contributed by atoms with Gasteiger partial charge in [-0.2, -0.15) is 4.31 Å². The van der Waals surface area contributed by atoms with Crippen molar-refractivity contribution in [3.05, 3.63) is 29.8 Å². The molecule has 0 aromatic heterocycles. The largest absolute Gasteiger partial charge is 0.396 e. The molecule has 7 nitrogen and oxygen atoms in total. The van der Waals surface area contributed by atoms with Crippen LogP contribution in [0.2, 0.25) is 0 Å². The van der Waals surface area contributed by atoms with Crippen LogP contribution in [-0.4, -0.2) is 63.2 Å². The second kappa shape index (κ2) is 8.68. The van der Waals surface area contributed by atoms with Gasteiger partial charge in [0.05, 0.1) is 24.7 Å². The molecule has 150 valence electrons. The summed E-state index contributed by atoms with van der Waals surface area (Å²) in [7, 11) is -3.56. The van der Waals surface area contributed by atoms with Gasteiger partial charge in [0.2, 0.25) is 10.0 Å². The van der Waals surface area contributed by atoms with Crippen LogP contribution < -0.4 is 5.32 Å². The summed E-state index contributed by atoms with van der Waals surface area (Å²) < 4.78 is 31.8. The third-order valence-corrected chi connectivity index (χ3v) is 7.51. The lowest BCUT2D eigenvalue weighted by Gasteiger charge is -2.35. The fourth-order valence-electron chi connectivity index (χ4n) is 3.78. The van der Waals surface area contributed by atoms with Crippen LogP contribution in [0.5, 0.6) is 0 Å². The summed E-state index contributed by atoms with van der Waals surface area (Å²) >= 11 is 0. The molecular formula is C19H28N2O5S. The van der Waals surface area contributed by atoms with Crippen LogP contribution >= 0.6 is 0 Å². The number of benzene rings is 1. The molecule has 1 saturated heterocycles. The standard InChI is InChI=1S/C19H28N2O5S/c22-15-19(8-2-1-3-9-19)14-20-18(23)16-4-6-17(7-5-16)27(24,25)21-10-12-26-13-11-21/h4-7,22H,1-3,8-15H2,(H,20,23). The second-order valence-electron chi connectivity index (χ2n) is 7.44. The number of hydrogen-bond acceptors (Lipinski definition) is 5. The highest BCUT2D eigenvalue weighted by molar-refractivity contribution is 7.89. The molecule has 1 aliphatic heterocycles. The fourth-order valence-corrected chi connectivity index (χ4v) is 5.18. The van der Waals surface area contributed by atoms with E-state index in [0.29, 0.717) is 38.4 Å². The van der Waals surface area contributed by atoms with Crippen molar-refractivity contribution in [1.29, 1.82) is 0 Å². The van der Waals surface area contributed by atoms with E-state index >= 15 is 0 Å². The lowest BCUT2D eigenvalue weighted by molar-refractivity contribution is 0.0718. The van der Waals surface area contributed by atoms with Crippen LogP contribution in [0.15, 0.2) is 29.2 Å². The minimum atomic E-state index is -3.56. The summed E-state index contributed by atoms with van der Waals surface area (Å²) in [5.41, 5.74) is 0.188. The Kier molecular flexibility index (Phi) is 6.52. The van der Waals surface area contributed by atoms with Crippen molar-refractivity contribution in [2.45, 2.75) is 37.0 Å². The van der Waals surface area contributed by atoms with Crippen LogP contribution in [0.25, 0.3) is 0 Å². The Morgan fingerprint density at radius 2 is 1.74 bits per heavy atom. The maximum Gasteiger partial charge on any atom is 0.251 e. The number of carbonyl (C=O) groups excluding carboxylic acids is 1. The summed E-state index contributed by atoms with van der Waals surface area (Å²) in [6.07, 6.45) is 5.16. The molecule has 1 aromatic carbocycles. The van der Waals surface area contributed by atoms with Crippen molar-refractivity contribution >= 4 is 15.9 Å². The summed E-state index contributed by atoms with van der Waals surface area (Å²) in [6.45, 7) is 1.99. The number of aliphatic hydroxyl groups is 1. The van der Waals surface area contributed by atoms with Crippen molar-refractivity contribution in [1.82, 2.24) is 9.62 Å². The number of nitrogens with one attached hydrogen (secondary N) is 1. The van der Waals surface area contributed by atoms with E-state index in [1.165, 1.54) is 35.0 Å². The highest BCUT2D eigenvalue weighted by Crippen LogP contribution is 2.35. The first-order chi connectivity index (χ1) is 13.0. The van der Waals surface area contributed by atoms with E-state index < -0.39 is 10.0 Å². The summed E-state index contributed by atoms with van der Waals surface area (Å²) in [5.74, 6) is -0.247. The summed E-state index contributed by atoms with van der Waals surface area (Å²) in [6, 6.07) is 6.02. The molecule has 1 aliphatic carbocycles. The summed E-state index contributed by atoms with van der Waals surface area (Å²) in [5, 5.41) is 12.6. The van der Waals surface area contributed by atoms with Crippen molar-refractivity contribution in [3.8, 4) is 0 Å². The first-order valence-electron chi connectivity index (χ1n) is 9.54.